The highest BCUT2D eigenvalue weighted by Gasteiger charge is 2.19. The molecule has 1 aliphatic heterocycles. The first-order valence-corrected chi connectivity index (χ1v) is 10.4. The fraction of sp³-hybridized carbons (Fsp3) is 0.333. The van der Waals surface area contributed by atoms with Crippen LogP contribution in [0.4, 0.5) is 17.5 Å². The zero-order chi connectivity index (χ0) is 20.2. The van der Waals surface area contributed by atoms with E-state index in [2.05, 4.69) is 72.3 Å². The van der Waals surface area contributed by atoms with Gasteiger partial charge in [-0.1, -0.05) is 43.3 Å². The maximum atomic E-state index is 4.87. The second-order valence-corrected chi connectivity index (χ2v) is 7.65. The molecule has 0 aliphatic carbocycles. The number of nitrogens with one attached hydrogen (secondary N) is 1. The summed E-state index contributed by atoms with van der Waals surface area (Å²) in [6.07, 6.45) is 0. The van der Waals surface area contributed by atoms with Gasteiger partial charge in [0.25, 0.3) is 0 Å². The van der Waals surface area contributed by atoms with Gasteiger partial charge in [-0.25, -0.2) is 4.98 Å². The summed E-state index contributed by atoms with van der Waals surface area (Å²) in [4.78, 5) is 14.5. The number of benzene rings is 2. The van der Waals surface area contributed by atoms with Crippen LogP contribution in [-0.4, -0.2) is 47.6 Å². The largest absolute Gasteiger partial charge is 0.354 e. The molecule has 2 heterocycles. The van der Waals surface area contributed by atoms with Crippen molar-refractivity contribution in [3.8, 4) is 11.3 Å². The van der Waals surface area contributed by atoms with Gasteiger partial charge in [-0.2, -0.15) is 4.98 Å². The van der Waals surface area contributed by atoms with Crippen molar-refractivity contribution < 1.29 is 0 Å². The highest BCUT2D eigenvalue weighted by molar-refractivity contribution is 5.67. The molecule has 3 aromatic rings. The molecule has 29 heavy (non-hydrogen) atoms. The molecular weight excluding hydrogens is 358 g/mol. The lowest BCUT2D eigenvalue weighted by Gasteiger charge is -2.35. The van der Waals surface area contributed by atoms with E-state index in [1.165, 1.54) is 11.1 Å². The third-order valence-electron chi connectivity index (χ3n) is 5.69. The van der Waals surface area contributed by atoms with Crippen LogP contribution in [0.1, 0.15) is 18.1 Å². The van der Waals surface area contributed by atoms with Crippen molar-refractivity contribution in [1.29, 1.82) is 0 Å². The maximum absolute atomic E-state index is 4.87. The zero-order valence-electron chi connectivity index (χ0n) is 17.5. The van der Waals surface area contributed by atoms with Crippen LogP contribution in [0.25, 0.3) is 11.3 Å². The van der Waals surface area contributed by atoms with Crippen molar-refractivity contribution in [1.82, 2.24) is 14.9 Å². The number of rotatable bonds is 5. The molecule has 2 aromatic carbocycles. The first-order chi connectivity index (χ1) is 14.1. The molecule has 0 radical (unpaired) electrons. The molecule has 0 amide bonds. The molecule has 0 spiro atoms. The van der Waals surface area contributed by atoms with Crippen LogP contribution in [0.15, 0.2) is 54.6 Å². The van der Waals surface area contributed by atoms with E-state index in [0.717, 1.165) is 55.5 Å². The minimum absolute atomic E-state index is 0.641. The van der Waals surface area contributed by atoms with Crippen LogP contribution >= 0.6 is 0 Å². The standard InChI is InChI=1S/C24H29N5/c1-4-28-12-14-29(15-13-28)23-17-22(20-8-6-5-7-9-20)26-24(27-23)25-21-11-10-18(2)19(3)16-21/h5-11,16-17H,4,12-15H2,1-3H3,(H,25,26,27). The zero-order valence-corrected chi connectivity index (χ0v) is 17.5. The van der Waals surface area contributed by atoms with Crippen molar-refractivity contribution in [2.75, 3.05) is 42.9 Å². The third kappa shape index (κ3) is 4.57. The Balaban J connectivity index is 1.67. The summed E-state index contributed by atoms with van der Waals surface area (Å²) in [5, 5.41) is 3.42. The smallest absolute Gasteiger partial charge is 0.229 e. The highest BCUT2D eigenvalue weighted by Crippen LogP contribution is 2.26. The van der Waals surface area contributed by atoms with Gasteiger partial charge in [-0.15, -0.1) is 0 Å². The Hall–Kier alpha value is -2.92. The normalized spacial score (nSPS) is 14.8. The average Bonchev–Trinajstić information content (AvgIpc) is 2.77. The van der Waals surface area contributed by atoms with Gasteiger partial charge in [0.15, 0.2) is 0 Å². The summed E-state index contributed by atoms with van der Waals surface area (Å²) >= 11 is 0. The van der Waals surface area contributed by atoms with Gasteiger partial charge in [-0.3, -0.25) is 0 Å². The molecule has 1 N–H and O–H groups in total. The predicted molar refractivity (Wildman–Crippen MR) is 121 cm³/mol. The van der Waals surface area contributed by atoms with Crippen LogP contribution in [0.2, 0.25) is 0 Å². The monoisotopic (exact) mass is 387 g/mol. The Kier molecular flexibility index (Phi) is 5.76. The first kappa shape index (κ1) is 19.4. The number of hydrogen-bond donors (Lipinski definition) is 1. The second-order valence-electron chi connectivity index (χ2n) is 7.65. The Bertz CT molecular complexity index is 962. The van der Waals surface area contributed by atoms with Crippen molar-refractivity contribution in [2.45, 2.75) is 20.8 Å². The van der Waals surface area contributed by atoms with Crippen LogP contribution < -0.4 is 10.2 Å². The Morgan fingerprint density at radius 3 is 2.31 bits per heavy atom. The lowest BCUT2D eigenvalue weighted by Crippen LogP contribution is -2.46. The summed E-state index contributed by atoms with van der Waals surface area (Å²) < 4.78 is 0. The van der Waals surface area contributed by atoms with Crippen LogP contribution in [-0.2, 0) is 0 Å². The minimum atomic E-state index is 0.641. The maximum Gasteiger partial charge on any atom is 0.229 e. The molecule has 0 saturated carbocycles. The van der Waals surface area contributed by atoms with Gasteiger partial charge in [0, 0.05) is 43.5 Å². The molecule has 0 unspecified atom stereocenters. The summed E-state index contributed by atoms with van der Waals surface area (Å²) in [7, 11) is 0. The molecule has 0 bridgehead atoms. The molecule has 150 valence electrons. The van der Waals surface area contributed by atoms with Crippen LogP contribution in [0.5, 0.6) is 0 Å². The number of aryl methyl sites for hydroxylation is 2. The van der Waals surface area contributed by atoms with Gasteiger partial charge < -0.3 is 15.1 Å². The van der Waals surface area contributed by atoms with Crippen LogP contribution in [0.3, 0.4) is 0 Å². The van der Waals surface area contributed by atoms with E-state index in [0.29, 0.717) is 5.95 Å². The van der Waals surface area contributed by atoms with Crippen molar-refractivity contribution >= 4 is 17.5 Å². The number of piperazine rings is 1. The fourth-order valence-corrected chi connectivity index (χ4v) is 3.65. The summed E-state index contributed by atoms with van der Waals surface area (Å²) in [6.45, 7) is 11.7. The number of aromatic nitrogens is 2. The molecule has 4 rings (SSSR count). The van der Waals surface area contributed by atoms with E-state index in [1.807, 2.05) is 18.2 Å². The molecule has 5 heteroatoms. The Morgan fingerprint density at radius 1 is 0.862 bits per heavy atom. The molecule has 5 nitrogen and oxygen atoms in total. The predicted octanol–water partition coefficient (Wildman–Crippen LogP) is 4.65. The van der Waals surface area contributed by atoms with E-state index in [9.17, 15) is 0 Å². The number of nitrogens with zero attached hydrogens (tertiary/aromatic N) is 4. The molecular formula is C24H29N5. The second kappa shape index (κ2) is 8.62. The lowest BCUT2D eigenvalue weighted by molar-refractivity contribution is 0.270. The van der Waals surface area contributed by atoms with Crippen LogP contribution in [0, 0.1) is 13.8 Å². The highest BCUT2D eigenvalue weighted by atomic mass is 15.3. The lowest BCUT2D eigenvalue weighted by atomic mass is 10.1. The van der Waals surface area contributed by atoms with E-state index in [-0.39, 0.29) is 0 Å². The summed E-state index contributed by atoms with van der Waals surface area (Å²) in [6, 6.07) is 18.8. The van der Waals surface area contributed by atoms with E-state index in [4.69, 9.17) is 9.97 Å². The topological polar surface area (TPSA) is 44.3 Å². The van der Waals surface area contributed by atoms with E-state index < -0.39 is 0 Å². The fourth-order valence-electron chi connectivity index (χ4n) is 3.65. The van der Waals surface area contributed by atoms with Gasteiger partial charge >= 0.3 is 0 Å². The number of hydrogen-bond acceptors (Lipinski definition) is 5. The molecule has 1 fully saturated rings. The molecule has 1 aliphatic rings. The summed E-state index contributed by atoms with van der Waals surface area (Å²) in [5.74, 6) is 1.63. The third-order valence-corrected chi connectivity index (χ3v) is 5.69. The first-order valence-electron chi connectivity index (χ1n) is 10.4. The van der Waals surface area contributed by atoms with Gasteiger partial charge in [0.1, 0.15) is 5.82 Å². The molecule has 1 aromatic heterocycles. The van der Waals surface area contributed by atoms with Gasteiger partial charge in [-0.05, 0) is 43.7 Å². The van der Waals surface area contributed by atoms with Gasteiger partial charge in [0.05, 0.1) is 5.69 Å². The number of likely N-dealkylation sites (N-methyl/N-ethyl adjacent to an activating group) is 1. The average molecular weight is 388 g/mol. The quantitative estimate of drug-likeness (QED) is 0.691. The van der Waals surface area contributed by atoms with Crippen molar-refractivity contribution in [3.63, 3.8) is 0 Å². The minimum Gasteiger partial charge on any atom is -0.354 e. The number of anilines is 3. The Morgan fingerprint density at radius 2 is 1.62 bits per heavy atom. The van der Waals surface area contributed by atoms with Crippen molar-refractivity contribution in [2.24, 2.45) is 0 Å². The van der Waals surface area contributed by atoms with Gasteiger partial charge in [0.2, 0.25) is 5.95 Å². The Labute approximate surface area is 173 Å². The molecule has 1 saturated heterocycles. The van der Waals surface area contributed by atoms with E-state index in [1.54, 1.807) is 0 Å². The SMILES string of the molecule is CCN1CCN(c2cc(-c3ccccc3)nc(Nc3ccc(C)c(C)c3)n2)CC1. The summed E-state index contributed by atoms with van der Waals surface area (Å²) in [5.41, 5.74) is 5.60. The van der Waals surface area contributed by atoms with Crippen molar-refractivity contribution in [3.05, 3.63) is 65.7 Å². The van der Waals surface area contributed by atoms with E-state index >= 15 is 0 Å². The molecule has 0 atom stereocenters.